The molecule has 0 aromatic heterocycles. The Balaban J connectivity index is 2.17. The average Bonchev–Trinajstić information content (AvgIpc) is 2.56. The van der Waals surface area contributed by atoms with Crippen LogP contribution in [-0.4, -0.2) is 5.91 Å². The van der Waals surface area contributed by atoms with Crippen LogP contribution in [0.15, 0.2) is 54.6 Å². The molecule has 0 radical (unpaired) electrons. The molecule has 0 unspecified atom stereocenters. The van der Waals surface area contributed by atoms with Crippen LogP contribution in [0.2, 0.25) is 0 Å². The summed E-state index contributed by atoms with van der Waals surface area (Å²) in [4.78, 5) is 12.3. The van der Waals surface area contributed by atoms with Crippen molar-refractivity contribution in [3.05, 3.63) is 65.7 Å². The van der Waals surface area contributed by atoms with E-state index in [4.69, 9.17) is 0 Å². The predicted octanol–water partition coefficient (Wildman–Crippen LogP) is 5.23. The molecule has 0 aliphatic heterocycles. The minimum atomic E-state index is 0.0751. The summed E-state index contributed by atoms with van der Waals surface area (Å²) < 4.78 is 0. The highest BCUT2D eigenvalue weighted by molar-refractivity contribution is 5.95. The Morgan fingerprint density at radius 3 is 2.27 bits per heavy atom. The molecule has 0 spiro atoms. The van der Waals surface area contributed by atoms with E-state index < -0.39 is 0 Å². The molecular formula is C20H23NO. The van der Waals surface area contributed by atoms with Gasteiger partial charge in [-0.2, -0.15) is 0 Å². The van der Waals surface area contributed by atoms with Gasteiger partial charge in [-0.15, -0.1) is 0 Å². The second kappa shape index (κ2) is 8.18. The molecule has 114 valence electrons. The van der Waals surface area contributed by atoms with Crippen LogP contribution in [0.1, 0.15) is 37.8 Å². The van der Waals surface area contributed by atoms with Crippen molar-refractivity contribution in [2.24, 2.45) is 5.92 Å². The summed E-state index contributed by atoms with van der Waals surface area (Å²) >= 11 is 0. The van der Waals surface area contributed by atoms with E-state index in [1.807, 2.05) is 48.5 Å². The number of carbonyl (C=O) groups excluding carboxylic acids is 1. The minimum absolute atomic E-state index is 0.0751. The Kier molecular flexibility index (Phi) is 5.96. The lowest BCUT2D eigenvalue weighted by atomic mass is 10.0. The zero-order chi connectivity index (χ0) is 15.8. The molecule has 0 heterocycles. The third-order valence-corrected chi connectivity index (χ3v) is 3.83. The van der Waals surface area contributed by atoms with Crippen molar-refractivity contribution < 1.29 is 4.79 Å². The maximum atomic E-state index is 12.3. The van der Waals surface area contributed by atoms with E-state index in [0.29, 0.717) is 0 Å². The first-order valence-electron chi connectivity index (χ1n) is 7.87. The van der Waals surface area contributed by atoms with Crippen molar-refractivity contribution >= 4 is 23.7 Å². The van der Waals surface area contributed by atoms with Crippen molar-refractivity contribution in [1.29, 1.82) is 0 Å². The van der Waals surface area contributed by atoms with Crippen molar-refractivity contribution in [2.45, 2.75) is 26.7 Å². The Hall–Kier alpha value is -2.35. The lowest BCUT2D eigenvalue weighted by Crippen LogP contribution is -2.22. The molecule has 0 fully saturated rings. The molecule has 2 rings (SSSR count). The molecule has 1 amide bonds. The molecule has 2 aromatic rings. The Morgan fingerprint density at radius 1 is 0.955 bits per heavy atom. The second-order valence-corrected chi connectivity index (χ2v) is 5.33. The highest BCUT2D eigenvalue weighted by atomic mass is 16.1. The molecule has 0 aliphatic carbocycles. The highest BCUT2D eigenvalue weighted by Crippen LogP contribution is 2.20. The van der Waals surface area contributed by atoms with Gasteiger partial charge in [-0.3, -0.25) is 4.79 Å². The van der Waals surface area contributed by atoms with Crippen LogP contribution in [0.4, 0.5) is 5.69 Å². The van der Waals surface area contributed by atoms with Gasteiger partial charge in [0.15, 0.2) is 0 Å². The van der Waals surface area contributed by atoms with Gasteiger partial charge in [0.25, 0.3) is 0 Å². The van der Waals surface area contributed by atoms with Crippen LogP contribution >= 0.6 is 0 Å². The van der Waals surface area contributed by atoms with E-state index >= 15 is 0 Å². The molecule has 1 N–H and O–H groups in total. The predicted molar refractivity (Wildman–Crippen MR) is 94.5 cm³/mol. The first kappa shape index (κ1) is 16.0. The lowest BCUT2D eigenvalue weighted by molar-refractivity contribution is -0.120. The van der Waals surface area contributed by atoms with Crippen molar-refractivity contribution in [3.8, 4) is 0 Å². The smallest absolute Gasteiger partial charge is 0.227 e. The summed E-state index contributed by atoms with van der Waals surface area (Å²) in [6.07, 6.45) is 5.83. The van der Waals surface area contributed by atoms with E-state index in [-0.39, 0.29) is 11.8 Å². The zero-order valence-corrected chi connectivity index (χ0v) is 13.3. The number of benzene rings is 2. The van der Waals surface area contributed by atoms with Gasteiger partial charge in [-0.05, 0) is 30.0 Å². The van der Waals surface area contributed by atoms with E-state index in [0.717, 1.165) is 29.7 Å². The van der Waals surface area contributed by atoms with Crippen LogP contribution in [0, 0.1) is 5.92 Å². The van der Waals surface area contributed by atoms with Crippen molar-refractivity contribution in [3.63, 3.8) is 0 Å². The van der Waals surface area contributed by atoms with Gasteiger partial charge in [-0.1, -0.05) is 74.5 Å². The summed E-state index contributed by atoms with van der Waals surface area (Å²) in [5.74, 6) is 0.178. The molecule has 0 aliphatic rings. The van der Waals surface area contributed by atoms with Gasteiger partial charge in [0.2, 0.25) is 5.91 Å². The van der Waals surface area contributed by atoms with Crippen molar-refractivity contribution in [2.75, 3.05) is 5.32 Å². The maximum absolute atomic E-state index is 12.3. The Labute approximate surface area is 132 Å². The fraction of sp³-hybridized carbons (Fsp3) is 0.250. The summed E-state index contributed by atoms with van der Waals surface area (Å²) in [7, 11) is 0. The van der Waals surface area contributed by atoms with Crippen LogP contribution in [0.5, 0.6) is 0 Å². The quantitative estimate of drug-likeness (QED) is 0.726. The van der Waals surface area contributed by atoms with Crippen LogP contribution in [-0.2, 0) is 4.79 Å². The number of hydrogen-bond acceptors (Lipinski definition) is 1. The molecule has 22 heavy (non-hydrogen) atoms. The van der Waals surface area contributed by atoms with Gasteiger partial charge >= 0.3 is 0 Å². The van der Waals surface area contributed by atoms with Crippen molar-refractivity contribution in [1.82, 2.24) is 0 Å². The van der Waals surface area contributed by atoms with Gasteiger partial charge < -0.3 is 5.32 Å². The topological polar surface area (TPSA) is 29.1 Å². The van der Waals surface area contributed by atoms with Gasteiger partial charge in [-0.25, -0.2) is 0 Å². The monoisotopic (exact) mass is 293 g/mol. The number of rotatable bonds is 6. The molecule has 0 saturated heterocycles. The number of nitrogens with one attached hydrogen (secondary N) is 1. The average molecular weight is 293 g/mol. The van der Waals surface area contributed by atoms with E-state index in [1.165, 1.54) is 0 Å². The summed E-state index contributed by atoms with van der Waals surface area (Å²) in [5, 5.41) is 3.06. The Bertz CT molecular complexity index is 627. The molecule has 2 aromatic carbocycles. The highest BCUT2D eigenvalue weighted by Gasteiger charge is 2.14. The molecular weight excluding hydrogens is 270 g/mol. The number of amides is 1. The molecule has 0 bridgehead atoms. The van der Waals surface area contributed by atoms with Gasteiger partial charge in [0.1, 0.15) is 0 Å². The maximum Gasteiger partial charge on any atom is 0.227 e. The number of anilines is 1. The summed E-state index contributed by atoms with van der Waals surface area (Å²) in [6, 6.07) is 18.0. The van der Waals surface area contributed by atoms with Crippen LogP contribution in [0.25, 0.3) is 12.2 Å². The second-order valence-electron chi connectivity index (χ2n) is 5.33. The molecule has 2 nitrogen and oxygen atoms in total. The summed E-state index contributed by atoms with van der Waals surface area (Å²) in [5.41, 5.74) is 3.03. The molecule has 0 atom stereocenters. The van der Waals surface area contributed by atoms with Crippen LogP contribution in [0.3, 0.4) is 0 Å². The standard InChI is InChI=1S/C20H23NO/c1-3-17(4-2)20(22)21-19-13-9-8-12-18(19)15-14-16-10-6-5-7-11-16/h5-15,17H,3-4H2,1-2H3,(H,21,22)/b15-14+. The first-order chi connectivity index (χ1) is 10.7. The number of para-hydroxylation sites is 1. The van der Waals surface area contributed by atoms with Gasteiger partial charge in [0, 0.05) is 11.6 Å². The minimum Gasteiger partial charge on any atom is -0.325 e. The fourth-order valence-electron chi connectivity index (χ4n) is 2.40. The number of hydrogen-bond donors (Lipinski definition) is 1. The third-order valence-electron chi connectivity index (χ3n) is 3.83. The number of carbonyl (C=O) groups is 1. The summed E-state index contributed by atoms with van der Waals surface area (Å²) in [6.45, 7) is 4.10. The fourth-order valence-corrected chi connectivity index (χ4v) is 2.40. The first-order valence-corrected chi connectivity index (χ1v) is 7.87. The zero-order valence-electron chi connectivity index (χ0n) is 13.3. The largest absolute Gasteiger partial charge is 0.325 e. The van der Waals surface area contributed by atoms with E-state index in [2.05, 4.69) is 37.4 Å². The normalized spacial score (nSPS) is 11.0. The SMILES string of the molecule is CCC(CC)C(=O)Nc1ccccc1/C=C/c1ccccc1. The molecule has 2 heteroatoms. The van der Waals surface area contributed by atoms with E-state index in [9.17, 15) is 4.79 Å². The lowest BCUT2D eigenvalue weighted by Gasteiger charge is -2.14. The molecule has 0 saturated carbocycles. The van der Waals surface area contributed by atoms with Gasteiger partial charge in [0.05, 0.1) is 0 Å². The van der Waals surface area contributed by atoms with Crippen LogP contribution < -0.4 is 5.32 Å². The van der Waals surface area contributed by atoms with E-state index in [1.54, 1.807) is 0 Å². The third kappa shape index (κ3) is 4.32. The Morgan fingerprint density at radius 2 is 1.59 bits per heavy atom.